The quantitative estimate of drug-likeness (QED) is 0.859. The second-order valence-electron chi connectivity index (χ2n) is 8.30. The number of aromatic nitrogens is 2. The molecule has 2 heterocycles. The molecule has 0 radical (unpaired) electrons. The number of nitrogens with zero attached hydrogens (tertiary/aromatic N) is 3. The molecule has 7 heteroatoms. The van der Waals surface area contributed by atoms with E-state index in [-0.39, 0.29) is 12.0 Å². The van der Waals surface area contributed by atoms with E-state index in [4.69, 9.17) is 4.74 Å². The SMILES string of the molecule is Cc1ccc(NC(=O)c2nn(C)c3c2CN(C(=O)OC(C)(C)C)CC3)cc1C. The predicted octanol–water partition coefficient (Wildman–Crippen LogP) is 3.58. The van der Waals surface area contributed by atoms with E-state index >= 15 is 0 Å². The zero-order chi connectivity index (χ0) is 20.6. The van der Waals surface area contributed by atoms with Gasteiger partial charge in [-0.25, -0.2) is 4.79 Å². The van der Waals surface area contributed by atoms with Crippen molar-refractivity contribution in [3.63, 3.8) is 0 Å². The fourth-order valence-electron chi connectivity index (χ4n) is 3.27. The lowest BCUT2D eigenvalue weighted by Crippen LogP contribution is -2.40. The summed E-state index contributed by atoms with van der Waals surface area (Å²) >= 11 is 0. The van der Waals surface area contributed by atoms with E-state index in [2.05, 4.69) is 10.4 Å². The number of fused-ring (bicyclic) bond motifs is 1. The molecule has 1 N–H and O–H groups in total. The summed E-state index contributed by atoms with van der Waals surface area (Å²) in [5, 5.41) is 7.35. The Bertz CT molecular complexity index is 924. The fraction of sp³-hybridized carbons (Fsp3) is 0.476. The van der Waals surface area contributed by atoms with Crippen LogP contribution in [0.5, 0.6) is 0 Å². The maximum Gasteiger partial charge on any atom is 0.410 e. The van der Waals surface area contributed by atoms with Crippen LogP contribution in [0, 0.1) is 13.8 Å². The van der Waals surface area contributed by atoms with Gasteiger partial charge in [-0.2, -0.15) is 5.10 Å². The van der Waals surface area contributed by atoms with Crippen LogP contribution in [0.1, 0.15) is 53.6 Å². The van der Waals surface area contributed by atoms with Crippen LogP contribution in [0.25, 0.3) is 0 Å². The number of carbonyl (C=O) groups excluding carboxylic acids is 2. The number of benzene rings is 1. The van der Waals surface area contributed by atoms with Crippen LogP contribution in [0.2, 0.25) is 0 Å². The first-order chi connectivity index (χ1) is 13.0. The summed E-state index contributed by atoms with van der Waals surface area (Å²) in [6.07, 6.45) is 0.261. The van der Waals surface area contributed by atoms with E-state index in [1.54, 1.807) is 9.58 Å². The summed E-state index contributed by atoms with van der Waals surface area (Å²) in [5.74, 6) is -0.272. The van der Waals surface area contributed by atoms with Gasteiger partial charge in [-0.3, -0.25) is 9.48 Å². The lowest BCUT2D eigenvalue weighted by atomic mass is 10.0. The maximum atomic E-state index is 12.9. The van der Waals surface area contributed by atoms with E-state index in [1.165, 1.54) is 5.56 Å². The minimum atomic E-state index is -0.560. The summed E-state index contributed by atoms with van der Waals surface area (Å²) in [5.41, 5.74) is 4.55. The number of carbonyl (C=O) groups is 2. The molecule has 28 heavy (non-hydrogen) atoms. The molecular weight excluding hydrogens is 356 g/mol. The monoisotopic (exact) mass is 384 g/mol. The van der Waals surface area contributed by atoms with Crippen molar-refractivity contribution in [1.82, 2.24) is 14.7 Å². The van der Waals surface area contributed by atoms with Crippen molar-refractivity contribution in [2.24, 2.45) is 7.05 Å². The molecule has 1 aromatic carbocycles. The molecule has 0 unspecified atom stereocenters. The summed E-state index contributed by atoms with van der Waals surface area (Å²) in [7, 11) is 1.83. The van der Waals surface area contributed by atoms with Crippen LogP contribution in [0.15, 0.2) is 18.2 Å². The second kappa shape index (κ2) is 7.30. The van der Waals surface area contributed by atoms with Gasteiger partial charge < -0.3 is 15.0 Å². The Morgan fingerprint density at radius 2 is 1.89 bits per heavy atom. The highest BCUT2D eigenvalue weighted by Gasteiger charge is 2.31. The molecule has 0 fully saturated rings. The summed E-state index contributed by atoms with van der Waals surface area (Å²) < 4.78 is 7.21. The average Bonchev–Trinajstić information content (AvgIpc) is 2.93. The summed E-state index contributed by atoms with van der Waals surface area (Å²) in [4.78, 5) is 27.0. The van der Waals surface area contributed by atoms with Crippen molar-refractivity contribution >= 4 is 17.7 Å². The Hall–Kier alpha value is -2.83. The molecule has 150 valence electrons. The number of anilines is 1. The Morgan fingerprint density at radius 3 is 2.54 bits per heavy atom. The largest absolute Gasteiger partial charge is 0.444 e. The van der Waals surface area contributed by atoms with Crippen LogP contribution in [-0.4, -0.2) is 38.8 Å². The molecule has 0 aliphatic carbocycles. The molecule has 2 aromatic rings. The van der Waals surface area contributed by atoms with Crippen LogP contribution >= 0.6 is 0 Å². The van der Waals surface area contributed by atoms with Crippen molar-refractivity contribution in [2.75, 3.05) is 11.9 Å². The predicted molar refractivity (Wildman–Crippen MR) is 107 cm³/mol. The van der Waals surface area contributed by atoms with Gasteiger partial charge in [0.05, 0.1) is 6.54 Å². The summed E-state index contributed by atoms with van der Waals surface area (Å²) in [6.45, 7) is 10.4. The molecule has 0 spiro atoms. The Balaban J connectivity index is 1.82. The van der Waals surface area contributed by atoms with E-state index in [0.29, 0.717) is 25.2 Å². The molecule has 3 rings (SSSR count). The van der Waals surface area contributed by atoms with Gasteiger partial charge in [-0.05, 0) is 57.9 Å². The van der Waals surface area contributed by atoms with E-state index < -0.39 is 5.60 Å². The van der Waals surface area contributed by atoms with Crippen LogP contribution in [0.3, 0.4) is 0 Å². The lowest BCUT2D eigenvalue weighted by Gasteiger charge is -2.30. The van der Waals surface area contributed by atoms with Crippen LogP contribution in [0.4, 0.5) is 10.5 Å². The Kier molecular flexibility index (Phi) is 5.19. The van der Waals surface area contributed by atoms with Gasteiger partial charge in [0.25, 0.3) is 5.91 Å². The topological polar surface area (TPSA) is 76.5 Å². The van der Waals surface area contributed by atoms with Gasteiger partial charge in [0.15, 0.2) is 5.69 Å². The minimum Gasteiger partial charge on any atom is -0.444 e. The van der Waals surface area contributed by atoms with E-state index in [1.807, 2.05) is 59.9 Å². The molecule has 2 amide bonds. The zero-order valence-electron chi connectivity index (χ0n) is 17.4. The standard InChI is InChI=1S/C21H28N4O3/c1-13-7-8-15(11-14(13)2)22-19(26)18-16-12-25(20(27)28-21(3,4)5)10-9-17(16)24(6)23-18/h7-8,11H,9-10,12H2,1-6H3,(H,22,26). The minimum absolute atomic E-state index is 0.272. The molecule has 7 nitrogen and oxygen atoms in total. The fourth-order valence-corrected chi connectivity index (χ4v) is 3.27. The molecule has 0 atom stereocenters. The lowest BCUT2D eigenvalue weighted by molar-refractivity contribution is 0.0222. The first kappa shape index (κ1) is 19.9. The van der Waals surface area contributed by atoms with Gasteiger partial charge in [0, 0.05) is 37.0 Å². The zero-order valence-corrected chi connectivity index (χ0v) is 17.4. The van der Waals surface area contributed by atoms with Crippen molar-refractivity contribution in [2.45, 2.75) is 53.2 Å². The van der Waals surface area contributed by atoms with Gasteiger partial charge >= 0.3 is 6.09 Å². The number of nitrogens with one attached hydrogen (secondary N) is 1. The number of aryl methyl sites for hydroxylation is 3. The van der Waals surface area contributed by atoms with Crippen molar-refractivity contribution in [3.05, 3.63) is 46.3 Å². The van der Waals surface area contributed by atoms with Crippen molar-refractivity contribution < 1.29 is 14.3 Å². The van der Waals surface area contributed by atoms with E-state index in [0.717, 1.165) is 22.5 Å². The molecule has 0 saturated carbocycles. The smallest absolute Gasteiger partial charge is 0.410 e. The van der Waals surface area contributed by atoms with Crippen LogP contribution in [-0.2, 0) is 24.8 Å². The van der Waals surface area contributed by atoms with E-state index in [9.17, 15) is 9.59 Å². The number of hydrogen-bond donors (Lipinski definition) is 1. The molecule has 0 saturated heterocycles. The number of ether oxygens (including phenoxy) is 1. The van der Waals surface area contributed by atoms with Gasteiger partial charge in [-0.15, -0.1) is 0 Å². The van der Waals surface area contributed by atoms with Gasteiger partial charge in [-0.1, -0.05) is 6.07 Å². The number of rotatable bonds is 2. The normalized spacial score (nSPS) is 13.9. The van der Waals surface area contributed by atoms with Crippen LogP contribution < -0.4 is 5.32 Å². The highest BCUT2D eigenvalue weighted by atomic mass is 16.6. The highest BCUT2D eigenvalue weighted by Crippen LogP contribution is 2.25. The highest BCUT2D eigenvalue weighted by molar-refractivity contribution is 6.04. The Morgan fingerprint density at radius 1 is 1.18 bits per heavy atom. The third kappa shape index (κ3) is 4.18. The Labute approximate surface area is 165 Å². The molecule has 1 aliphatic heterocycles. The molecular formula is C21H28N4O3. The van der Waals surface area contributed by atoms with Crippen molar-refractivity contribution in [1.29, 1.82) is 0 Å². The summed E-state index contributed by atoms with van der Waals surface area (Å²) in [6, 6.07) is 5.79. The molecule has 1 aromatic heterocycles. The first-order valence-corrected chi connectivity index (χ1v) is 9.46. The first-order valence-electron chi connectivity index (χ1n) is 9.46. The average molecular weight is 384 g/mol. The third-order valence-electron chi connectivity index (χ3n) is 4.87. The molecule has 1 aliphatic rings. The number of amides is 2. The third-order valence-corrected chi connectivity index (χ3v) is 4.87. The maximum absolute atomic E-state index is 12.9. The van der Waals surface area contributed by atoms with Gasteiger partial charge in [0.1, 0.15) is 5.60 Å². The second-order valence-corrected chi connectivity index (χ2v) is 8.30. The number of hydrogen-bond acceptors (Lipinski definition) is 4. The van der Waals surface area contributed by atoms with Gasteiger partial charge in [0.2, 0.25) is 0 Å². The van der Waals surface area contributed by atoms with Crippen molar-refractivity contribution in [3.8, 4) is 0 Å². The molecule has 0 bridgehead atoms.